The van der Waals surface area contributed by atoms with Crippen molar-refractivity contribution in [2.75, 3.05) is 52.7 Å². The summed E-state index contributed by atoms with van der Waals surface area (Å²) in [6.45, 7) is 13.2. The third-order valence-electron chi connectivity index (χ3n) is 5.00. The van der Waals surface area contributed by atoms with E-state index in [9.17, 15) is 13.2 Å². The van der Waals surface area contributed by atoms with Crippen LogP contribution in [0.2, 0.25) is 0 Å². The van der Waals surface area contributed by atoms with E-state index in [-0.39, 0.29) is 18.0 Å². The van der Waals surface area contributed by atoms with Crippen molar-refractivity contribution >= 4 is 16.1 Å². The summed E-state index contributed by atoms with van der Waals surface area (Å²) in [6, 6.07) is 5.26. The van der Waals surface area contributed by atoms with Crippen LogP contribution in [0.5, 0.6) is 0 Å². The molecular weight excluding hydrogens is 502 g/mol. The molecule has 0 atom stereocenters. The van der Waals surface area contributed by atoms with E-state index in [0.29, 0.717) is 56.6 Å². The zero-order chi connectivity index (χ0) is 27.5. The third-order valence-corrected chi connectivity index (χ3v) is 6.60. The Morgan fingerprint density at radius 3 is 2.11 bits per heavy atom. The van der Waals surface area contributed by atoms with Gasteiger partial charge in [0.05, 0.1) is 50.2 Å². The second kappa shape index (κ2) is 14.4. The van der Waals surface area contributed by atoms with Crippen molar-refractivity contribution in [3.8, 4) is 11.1 Å². The number of benzene rings is 1. The van der Waals surface area contributed by atoms with Crippen LogP contribution in [0.15, 0.2) is 27.6 Å². The molecule has 1 aromatic heterocycles. The number of ether oxygens (including phenoxy) is 4. The summed E-state index contributed by atoms with van der Waals surface area (Å²) in [5, 5.41) is 6.55. The zero-order valence-corrected chi connectivity index (χ0v) is 23.3. The number of rotatable bonds is 15. The van der Waals surface area contributed by atoms with Crippen molar-refractivity contribution in [2.24, 2.45) is 0 Å². The molecule has 37 heavy (non-hydrogen) atoms. The zero-order valence-electron chi connectivity index (χ0n) is 22.5. The Balaban J connectivity index is 1.59. The van der Waals surface area contributed by atoms with Crippen LogP contribution in [0, 0.1) is 20.8 Å². The van der Waals surface area contributed by atoms with Crippen molar-refractivity contribution in [3.63, 3.8) is 0 Å². The Morgan fingerprint density at radius 1 is 0.946 bits per heavy atom. The van der Waals surface area contributed by atoms with Crippen molar-refractivity contribution in [2.45, 2.75) is 52.0 Å². The molecule has 0 radical (unpaired) electrons. The number of carbonyl (C=O) groups excluding carboxylic acids is 1. The molecule has 0 spiro atoms. The molecule has 2 N–H and O–H groups in total. The highest BCUT2D eigenvalue weighted by atomic mass is 32.2. The van der Waals surface area contributed by atoms with Gasteiger partial charge in [0.1, 0.15) is 11.4 Å². The second-order valence-corrected chi connectivity index (χ2v) is 11.1. The van der Waals surface area contributed by atoms with E-state index in [0.717, 1.165) is 11.1 Å². The number of carbonyl (C=O) groups is 1. The maximum Gasteiger partial charge on any atom is 0.407 e. The summed E-state index contributed by atoms with van der Waals surface area (Å²) in [5.74, 6) is 0.634. The normalized spacial score (nSPS) is 12.1. The Labute approximate surface area is 219 Å². The molecule has 1 heterocycles. The molecule has 12 heteroatoms. The van der Waals surface area contributed by atoms with Crippen LogP contribution in [0.25, 0.3) is 11.1 Å². The van der Waals surface area contributed by atoms with Crippen LogP contribution in [-0.2, 0) is 29.0 Å². The maximum absolute atomic E-state index is 12.9. The largest absolute Gasteiger partial charge is 0.444 e. The maximum atomic E-state index is 12.9. The Bertz CT molecular complexity index is 1090. The van der Waals surface area contributed by atoms with Gasteiger partial charge in [-0.15, -0.1) is 0 Å². The summed E-state index contributed by atoms with van der Waals surface area (Å²) in [6.07, 6.45) is -0.479. The van der Waals surface area contributed by atoms with E-state index in [2.05, 4.69) is 15.2 Å². The molecule has 0 aliphatic carbocycles. The molecular formula is C25H39N3O8S. The topological polar surface area (TPSA) is 138 Å². The van der Waals surface area contributed by atoms with Crippen LogP contribution >= 0.6 is 0 Å². The molecule has 0 aliphatic heterocycles. The lowest BCUT2D eigenvalue weighted by Gasteiger charge is -2.19. The van der Waals surface area contributed by atoms with Crippen LogP contribution in [0.3, 0.4) is 0 Å². The summed E-state index contributed by atoms with van der Waals surface area (Å²) in [4.78, 5) is 11.7. The lowest BCUT2D eigenvalue weighted by molar-refractivity contribution is 0.0150. The number of nitrogens with one attached hydrogen (secondary N) is 2. The minimum atomic E-state index is -3.72. The van der Waals surface area contributed by atoms with Crippen LogP contribution in [0.1, 0.15) is 37.8 Å². The molecule has 0 unspecified atom stereocenters. The highest BCUT2D eigenvalue weighted by molar-refractivity contribution is 7.89. The van der Waals surface area contributed by atoms with Crippen molar-refractivity contribution < 1.29 is 36.7 Å². The number of nitrogens with zero attached hydrogens (tertiary/aromatic N) is 1. The number of sulfonamides is 1. The highest BCUT2D eigenvalue weighted by Gasteiger charge is 2.20. The predicted molar refractivity (Wildman–Crippen MR) is 138 cm³/mol. The fourth-order valence-corrected chi connectivity index (χ4v) is 4.63. The number of alkyl carbamates (subject to hydrolysis) is 1. The fourth-order valence-electron chi connectivity index (χ4n) is 3.35. The number of aromatic nitrogens is 1. The van der Waals surface area contributed by atoms with Crippen LogP contribution < -0.4 is 10.0 Å². The molecule has 208 valence electrons. The minimum absolute atomic E-state index is 0.130. The van der Waals surface area contributed by atoms with Crippen molar-refractivity contribution in [1.29, 1.82) is 0 Å². The van der Waals surface area contributed by atoms with E-state index in [1.54, 1.807) is 46.8 Å². The van der Waals surface area contributed by atoms with Gasteiger partial charge in [-0.2, -0.15) is 0 Å². The number of aryl methyl sites for hydroxylation is 3. The van der Waals surface area contributed by atoms with Crippen molar-refractivity contribution in [3.05, 3.63) is 35.2 Å². The molecule has 0 bridgehead atoms. The van der Waals surface area contributed by atoms with Gasteiger partial charge in [0, 0.05) is 18.7 Å². The van der Waals surface area contributed by atoms with Gasteiger partial charge in [-0.05, 0) is 58.7 Å². The van der Waals surface area contributed by atoms with E-state index in [1.165, 1.54) is 0 Å². The first-order valence-corrected chi connectivity index (χ1v) is 13.6. The minimum Gasteiger partial charge on any atom is -0.444 e. The summed E-state index contributed by atoms with van der Waals surface area (Å²) >= 11 is 0. The van der Waals surface area contributed by atoms with E-state index in [1.807, 2.05) is 13.0 Å². The van der Waals surface area contributed by atoms with E-state index >= 15 is 0 Å². The quantitative estimate of drug-likeness (QED) is 0.326. The molecule has 0 aliphatic rings. The lowest BCUT2D eigenvalue weighted by atomic mass is 10.0. The van der Waals surface area contributed by atoms with Crippen molar-refractivity contribution in [1.82, 2.24) is 15.2 Å². The van der Waals surface area contributed by atoms with Gasteiger partial charge in [-0.25, -0.2) is 17.9 Å². The standard InChI is InChI=1S/C25H39N3O8S/c1-18-7-8-21(23-19(2)28-36-20(23)3)17-22(18)37(30,31)27-10-12-33-14-16-34-15-13-32-11-9-26-24(29)35-25(4,5)6/h7-8,17,27H,9-16H2,1-6H3,(H,26,29). The number of hydrogen-bond donors (Lipinski definition) is 2. The van der Waals surface area contributed by atoms with Gasteiger partial charge in [-0.1, -0.05) is 17.3 Å². The molecule has 11 nitrogen and oxygen atoms in total. The molecule has 0 saturated carbocycles. The molecule has 2 aromatic rings. The first-order chi connectivity index (χ1) is 17.4. The fraction of sp³-hybridized carbons (Fsp3) is 0.600. The molecule has 1 aromatic carbocycles. The molecule has 2 rings (SSSR count). The summed E-state index contributed by atoms with van der Waals surface area (Å²) < 4.78 is 54.8. The predicted octanol–water partition coefficient (Wildman–Crippen LogP) is 3.12. The first-order valence-electron chi connectivity index (χ1n) is 12.1. The van der Waals surface area contributed by atoms with Gasteiger partial charge < -0.3 is 28.8 Å². The number of hydrogen-bond acceptors (Lipinski definition) is 9. The molecule has 0 saturated heterocycles. The lowest BCUT2D eigenvalue weighted by Crippen LogP contribution is -2.34. The molecule has 1 amide bonds. The van der Waals surface area contributed by atoms with Crippen LogP contribution in [0.4, 0.5) is 4.79 Å². The monoisotopic (exact) mass is 541 g/mol. The van der Waals surface area contributed by atoms with Gasteiger partial charge in [0.25, 0.3) is 0 Å². The summed E-state index contributed by atoms with van der Waals surface area (Å²) in [7, 11) is -3.72. The smallest absolute Gasteiger partial charge is 0.407 e. The average Bonchev–Trinajstić information content (AvgIpc) is 3.14. The Hall–Kier alpha value is -2.51. The van der Waals surface area contributed by atoms with Gasteiger partial charge in [-0.3, -0.25) is 0 Å². The Morgan fingerprint density at radius 2 is 1.54 bits per heavy atom. The van der Waals surface area contributed by atoms with Gasteiger partial charge in [0.2, 0.25) is 10.0 Å². The SMILES string of the molecule is Cc1ccc(-c2c(C)noc2C)cc1S(=O)(=O)NCCOCCOCCOCCNC(=O)OC(C)(C)C. The first kappa shape index (κ1) is 30.7. The molecule has 0 fully saturated rings. The third kappa shape index (κ3) is 10.8. The highest BCUT2D eigenvalue weighted by Crippen LogP contribution is 2.29. The van der Waals surface area contributed by atoms with Gasteiger partial charge in [0.15, 0.2) is 0 Å². The average molecular weight is 542 g/mol. The summed E-state index contributed by atoms with van der Waals surface area (Å²) in [5.41, 5.74) is 2.34. The Kier molecular flexibility index (Phi) is 12.0. The van der Waals surface area contributed by atoms with Crippen LogP contribution in [-0.4, -0.2) is 78.0 Å². The van der Waals surface area contributed by atoms with Gasteiger partial charge >= 0.3 is 6.09 Å². The van der Waals surface area contributed by atoms with E-state index in [4.69, 9.17) is 23.5 Å². The second-order valence-electron chi connectivity index (χ2n) is 9.34. The number of amides is 1. The van der Waals surface area contributed by atoms with E-state index < -0.39 is 21.7 Å².